The lowest BCUT2D eigenvalue weighted by molar-refractivity contribution is 0.127. The topological polar surface area (TPSA) is 58.9 Å². The van der Waals surface area contributed by atoms with Gasteiger partial charge in [-0.3, -0.25) is 4.40 Å². The van der Waals surface area contributed by atoms with Crippen LogP contribution in [0, 0.1) is 11.3 Å². The molecule has 3 heterocycles. The molecule has 0 bridgehead atoms. The number of nitriles is 1. The first-order chi connectivity index (χ1) is 10.1. The third-order valence-electron chi connectivity index (χ3n) is 3.02. The van der Waals surface area contributed by atoms with Gasteiger partial charge in [0.25, 0.3) is 6.43 Å². The SMILES string of the molecule is N#Cc1cnc2ccc(-c3c(Br)ncn3CC(F)F)cn12. The monoisotopic (exact) mass is 351 g/mol. The largest absolute Gasteiger partial charge is 0.324 e. The summed E-state index contributed by atoms with van der Waals surface area (Å²) in [5.74, 6) is 0. The molecule has 5 nitrogen and oxygen atoms in total. The van der Waals surface area contributed by atoms with Gasteiger partial charge in [-0.1, -0.05) is 0 Å². The van der Waals surface area contributed by atoms with E-state index in [1.807, 2.05) is 6.07 Å². The predicted octanol–water partition coefficient (Wildman–Crippen LogP) is 3.10. The van der Waals surface area contributed by atoms with E-state index in [1.165, 1.54) is 17.1 Å². The molecule has 0 aliphatic carbocycles. The van der Waals surface area contributed by atoms with E-state index >= 15 is 0 Å². The Morgan fingerprint density at radius 3 is 2.86 bits per heavy atom. The van der Waals surface area contributed by atoms with Crippen molar-refractivity contribution in [1.82, 2.24) is 18.9 Å². The van der Waals surface area contributed by atoms with E-state index in [4.69, 9.17) is 5.26 Å². The zero-order valence-electron chi connectivity index (χ0n) is 10.5. The molecule has 0 aromatic carbocycles. The molecule has 3 aromatic rings. The number of rotatable bonds is 3. The minimum Gasteiger partial charge on any atom is -0.324 e. The highest BCUT2D eigenvalue weighted by atomic mass is 79.9. The highest BCUT2D eigenvalue weighted by Crippen LogP contribution is 2.28. The van der Waals surface area contributed by atoms with Crippen molar-refractivity contribution in [3.63, 3.8) is 0 Å². The van der Waals surface area contributed by atoms with Crippen molar-refractivity contribution in [2.45, 2.75) is 13.0 Å². The first-order valence-corrected chi connectivity index (χ1v) is 6.76. The number of hydrogen-bond acceptors (Lipinski definition) is 3. The molecule has 0 aliphatic heterocycles. The van der Waals surface area contributed by atoms with E-state index in [0.29, 0.717) is 27.2 Å². The lowest BCUT2D eigenvalue weighted by Gasteiger charge is -2.09. The molecule has 3 rings (SSSR count). The number of hydrogen-bond donors (Lipinski definition) is 0. The van der Waals surface area contributed by atoms with Crippen LogP contribution in [0.15, 0.2) is 35.5 Å². The van der Waals surface area contributed by atoms with Gasteiger partial charge in [-0.15, -0.1) is 0 Å². The molecule has 0 radical (unpaired) electrons. The molecule has 0 unspecified atom stereocenters. The van der Waals surface area contributed by atoms with Gasteiger partial charge in [-0.25, -0.2) is 18.7 Å². The Balaban J connectivity index is 2.16. The van der Waals surface area contributed by atoms with Gasteiger partial charge in [0, 0.05) is 11.8 Å². The van der Waals surface area contributed by atoms with Crippen molar-refractivity contribution in [3.05, 3.63) is 41.2 Å². The minimum atomic E-state index is -2.48. The number of fused-ring (bicyclic) bond motifs is 1. The third kappa shape index (κ3) is 2.40. The molecule has 3 aromatic heterocycles. The molecule has 0 N–H and O–H groups in total. The summed E-state index contributed by atoms with van der Waals surface area (Å²) in [5.41, 5.74) is 2.20. The molecule has 0 fully saturated rings. The molecule has 106 valence electrons. The second-order valence-corrected chi connectivity index (χ2v) is 5.08. The van der Waals surface area contributed by atoms with Gasteiger partial charge in [-0.05, 0) is 28.1 Å². The van der Waals surface area contributed by atoms with E-state index in [0.717, 1.165) is 0 Å². The maximum Gasteiger partial charge on any atom is 0.256 e. The van der Waals surface area contributed by atoms with Crippen molar-refractivity contribution in [2.75, 3.05) is 0 Å². The summed E-state index contributed by atoms with van der Waals surface area (Å²) in [7, 11) is 0. The van der Waals surface area contributed by atoms with Crippen LogP contribution in [-0.4, -0.2) is 25.4 Å². The predicted molar refractivity (Wildman–Crippen MR) is 74.8 cm³/mol. The van der Waals surface area contributed by atoms with Gasteiger partial charge < -0.3 is 4.57 Å². The number of imidazole rings is 2. The lowest BCUT2D eigenvalue weighted by Crippen LogP contribution is -2.07. The maximum absolute atomic E-state index is 12.6. The highest BCUT2D eigenvalue weighted by molar-refractivity contribution is 9.10. The zero-order chi connectivity index (χ0) is 15.0. The van der Waals surface area contributed by atoms with Gasteiger partial charge >= 0.3 is 0 Å². The van der Waals surface area contributed by atoms with Crippen molar-refractivity contribution in [2.24, 2.45) is 0 Å². The minimum absolute atomic E-state index is 0.378. The quantitative estimate of drug-likeness (QED) is 0.728. The van der Waals surface area contributed by atoms with Crippen molar-refractivity contribution in [3.8, 4) is 17.3 Å². The summed E-state index contributed by atoms with van der Waals surface area (Å²) in [6, 6.07) is 5.51. The molecule has 0 amide bonds. The van der Waals surface area contributed by atoms with Crippen LogP contribution in [0.5, 0.6) is 0 Å². The standard InChI is InChI=1S/C13H8BrF2N5/c14-13-12(20(7-19-13)6-10(15)16)8-1-2-11-18-4-9(3-17)21(11)5-8/h1-2,4-5,7,10H,6H2. The number of pyridine rings is 1. The fourth-order valence-corrected chi connectivity index (χ4v) is 2.68. The molecule has 0 atom stereocenters. The Morgan fingerprint density at radius 1 is 1.33 bits per heavy atom. The van der Waals surface area contributed by atoms with E-state index < -0.39 is 13.0 Å². The Morgan fingerprint density at radius 2 is 2.14 bits per heavy atom. The van der Waals surface area contributed by atoms with Crippen LogP contribution in [0.2, 0.25) is 0 Å². The average molecular weight is 352 g/mol. The van der Waals surface area contributed by atoms with Gasteiger partial charge in [-0.2, -0.15) is 5.26 Å². The summed E-state index contributed by atoms with van der Waals surface area (Å²) in [6.45, 7) is -0.443. The van der Waals surface area contributed by atoms with E-state index in [-0.39, 0.29) is 0 Å². The molecule has 0 spiro atoms. The molecule has 0 saturated heterocycles. The van der Waals surface area contributed by atoms with Gasteiger partial charge in [0.1, 0.15) is 22.0 Å². The Kier molecular flexibility index (Phi) is 3.43. The van der Waals surface area contributed by atoms with Gasteiger partial charge in [0.05, 0.1) is 24.8 Å². The van der Waals surface area contributed by atoms with E-state index in [2.05, 4.69) is 25.9 Å². The molecular formula is C13H8BrF2N5. The summed E-state index contributed by atoms with van der Waals surface area (Å²) in [5, 5.41) is 9.04. The van der Waals surface area contributed by atoms with Crippen molar-refractivity contribution in [1.29, 1.82) is 5.26 Å². The number of aromatic nitrogens is 4. The fourth-order valence-electron chi connectivity index (χ4n) is 2.13. The summed E-state index contributed by atoms with van der Waals surface area (Å²) in [4.78, 5) is 8.10. The second kappa shape index (κ2) is 5.26. The Labute approximate surface area is 126 Å². The molecule has 0 saturated carbocycles. The van der Waals surface area contributed by atoms with Crippen LogP contribution in [-0.2, 0) is 6.54 Å². The average Bonchev–Trinajstić information content (AvgIpc) is 3.01. The summed E-state index contributed by atoms with van der Waals surface area (Å²) in [6.07, 6.45) is 2.03. The highest BCUT2D eigenvalue weighted by Gasteiger charge is 2.15. The number of halogens is 3. The van der Waals surface area contributed by atoms with Crippen LogP contribution < -0.4 is 0 Å². The van der Waals surface area contributed by atoms with Crippen LogP contribution in [0.25, 0.3) is 16.9 Å². The van der Waals surface area contributed by atoms with Crippen LogP contribution in [0.3, 0.4) is 0 Å². The fraction of sp³-hybridized carbons (Fsp3) is 0.154. The normalized spacial score (nSPS) is 11.2. The molecule has 8 heteroatoms. The third-order valence-corrected chi connectivity index (χ3v) is 3.60. The number of alkyl halides is 2. The Bertz CT molecular complexity index is 846. The lowest BCUT2D eigenvalue weighted by atomic mass is 10.2. The van der Waals surface area contributed by atoms with Crippen molar-refractivity contribution >= 4 is 21.6 Å². The molecular weight excluding hydrogens is 344 g/mol. The number of nitrogens with zero attached hydrogens (tertiary/aromatic N) is 5. The summed E-state index contributed by atoms with van der Waals surface area (Å²) >= 11 is 3.27. The van der Waals surface area contributed by atoms with Crippen molar-refractivity contribution < 1.29 is 8.78 Å². The Hall–Kier alpha value is -2.27. The molecule has 0 aliphatic rings. The van der Waals surface area contributed by atoms with Crippen LogP contribution in [0.4, 0.5) is 8.78 Å². The second-order valence-electron chi connectivity index (χ2n) is 4.33. The summed E-state index contributed by atoms with van der Waals surface area (Å²) < 4.78 is 28.7. The maximum atomic E-state index is 12.6. The van der Waals surface area contributed by atoms with Crippen LogP contribution in [0.1, 0.15) is 5.69 Å². The van der Waals surface area contributed by atoms with Crippen LogP contribution >= 0.6 is 15.9 Å². The first kappa shape index (κ1) is 13.7. The van der Waals surface area contributed by atoms with Gasteiger partial charge in [0.15, 0.2) is 0 Å². The zero-order valence-corrected chi connectivity index (χ0v) is 12.1. The van der Waals surface area contributed by atoms with E-state index in [1.54, 1.807) is 22.7 Å². The molecule has 21 heavy (non-hydrogen) atoms. The van der Waals surface area contributed by atoms with Gasteiger partial charge in [0.2, 0.25) is 0 Å². The first-order valence-electron chi connectivity index (χ1n) is 5.96. The smallest absolute Gasteiger partial charge is 0.256 e. The van der Waals surface area contributed by atoms with E-state index in [9.17, 15) is 8.78 Å².